The smallest absolute Gasteiger partial charge is 0.235 e. The van der Waals surface area contributed by atoms with E-state index in [1.165, 1.54) is 6.33 Å². The molecule has 9 heteroatoms. The van der Waals surface area contributed by atoms with Crippen LogP contribution in [-0.2, 0) is 10.2 Å². The number of nitrogens with zero attached hydrogens (tertiary/aromatic N) is 5. The molecule has 2 aromatic heterocycles. The third-order valence-corrected chi connectivity index (χ3v) is 7.10. The van der Waals surface area contributed by atoms with Crippen molar-refractivity contribution in [2.45, 2.75) is 24.4 Å². The first kappa shape index (κ1) is 20.3. The Balaban J connectivity index is 1.06. The maximum absolute atomic E-state index is 12.7. The summed E-state index contributed by atoms with van der Waals surface area (Å²) >= 11 is 0. The van der Waals surface area contributed by atoms with Crippen LogP contribution in [0, 0.1) is 0 Å². The van der Waals surface area contributed by atoms with Crippen molar-refractivity contribution in [3.63, 3.8) is 0 Å². The van der Waals surface area contributed by atoms with Gasteiger partial charge in [-0.2, -0.15) is 0 Å². The monoisotopic (exact) mass is 446 g/mol. The molecule has 2 fully saturated rings. The lowest BCUT2D eigenvalue weighted by molar-refractivity contribution is -0.122. The van der Waals surface area contributed by atoms with Crippen molar-refractivity contribution in [2.24, 2.45) is 0 Å². The molecule has 33 heavy (non-hydrogen) atoms. The molecule has 3 aliphatic rings. The number of pyridine rings is 1. The van der Waals surface area contributed by atoms with Crippen LogP contribution in [0.25, 0.3) is 11.0 Å². The quantitative estimate of drug-likeness (QED) is 0.609. The van der Waals surface area contributed by atoms with Crippen LogP contribution in [0.4, 0.5) is 11.5 Å². The molecule has 0 bridgehead atoms. The highest BCUT2D eigenvalue weighted by Crippen LogP contribution is 2.44. The van der Waals surface area contributed by atoms with Crippen molar-refractivity contribution in [1.29, 1.82) is 0 Å². The van der Waals surface area contributed by atoms with E-state index in [0.29, 0.717) is 31.0 Å². The fourth-order valence-corrected chi connectivity index (χ4v) is 5.17. The number of anilines is 2. The van der Waals surface area contributed by atoms with Gasteiger partial charge in [0.15, 0.2) is 5.82 Å². The molecule has 1 spiro atoms. The van der Waals surface area contributed by atoms with Gasteiger partial charge in [-0.25, -0.2) is 15.0 Å². The van der Waals surface area contributed by atoms with Gasteiger partial charge in [0.2, 0.25) is 5.91 Å². The van der Waals surface area contributed by atoms with Gasteiger partial charge in [-0.3, -0.25) is 9.69 Å². The summed E-state index contributed by atoms with van der Waals surface area (Å²) in [5.74, 6) is 1.56. The van der Waals surface area contributed by atoms with Gasteiger partial charge in [0.25, 0.3) is 0 Å². The first-order chi connectivity index (χ1) is 16.1. The van der Waals surface area contributed by atoms with Crippen LogP contribution < -0.4 is 15.0 Å². The number of aliphatic hydroxyl groups is 1. The summed E-state index contributed by atoms with van der Waals surface area (Å²) in [5, 5.41) is 12.6. The van der Waals surface area contributed by atoms with Crippen molar-refractivity contribution in [2.75, 3.05) is 49.5 Å². The number of hydrogen-bond acceptors (Lipinski definition) is 8. The number of hydrogen-bond donors (Lipinski definition) is 2. The number of benzene rings is 1. The third-order valence-electron chi connectivity index (χ3n) is 7.10. The second-order valence-electron chi connectivity index (χ2n) is 9.07. The summed E-state index contributed by atoms with van der Waals surface area (Å²) < 4.78 is 5.97. The predicted octanol–water partition coefficient (Wildman–Crippen LogP) is 1.57. The fourth-order valence-electron chi connectivity index (χ4n) is 5.17. The maximum atomic E-state index is 12.7. The van der Waals surface area contributed by atoms with Gasteiger partial charge >= 0.3 is 0 Å². The van der Waals surface area contributed by atoms with Crippen LogP contribution in [0.3, 0.4) is 0 Å². The van der Waals surface area contributed by atoms with E-state index in [0.717, 1.165) is 55.1 Å². The Morgan fingerprint density at radius 1 is 1.15 bits per heavy atom. The summed E-state index contributed by atoms with van der Waals surface area (Å²) in [4.78, 5) is 30.3. The second kappa shape index (κ2) is 7.93. The number of ether oxygens (including phenoxy) is 1. The topological polar surface area (TPSA) is 104 Å². The molecule has 1 amide bonds. The molecule has 5 heterocycles. The van der Waals surface area contributed by atoms with Crippen molar-refractivity contribution >= 4 is 28.4 Å². The molecule has 0 atom stereocenters. The van der Waals surface area contributed by atoms with Crippen molar-refractivity contribution in [1.82, 2.24) is 19.9 Å². The lowest BCUT2D eigenvalue weighted by Gasteiger charge is -2.37. The van der Waals surface area contributed by atoms with Gasteiger partial charge in [-0.1, -0.05) is 18.2 Å². The Morgan fingerprint density at radius 3 is 2.79 bits per heavy atom. The van der Waals surface area contributed by atoms with E-state index in [9.17, 15) is 9.90 Å². The van der Waals surface area contributed by atoms with Crippen LogP contribution in [0.1, 0.15) is 18.4 Å². The number of aromatic nitrogens is 3. The highest BCUT2D eigenvalue weighted by molar-refractivity contribution is 6.06. The predicted molar refractivity (Wildman–Crippen MR) is 123 cm³/mol. The number of para-hydroxylation sites is 1. The number of carbonyl (C=O) groups excluding carboxylic acids is 1. The molecule has 3 aromatic rings. The number of nitrogens with one attached hydrogen (secondary N) is 1. The van der Waals surface area contributed by atoms with Crippen LogP contribution >= 0.6 is 0 Å². The largest absolute Gasteiger partial charge is 0.491 e. The van der Waals surface area contributed by atoms with E-state index >= 15 is 0 Å². The first-order valence-electron chi connectivity index (χ1n) is 11.4. The zero-order valence-corrected chi connectivity index (χ0v) is 18.3. The minimum Gasteiger partial charge on any atom is -0.491 e. The van der Waals surface area contributed by atoms with Gasteiger partial charge < -0.3 is 20.1 Å². The molecule has 0 aliphatic carbocycles. The molecular formula is C24H26N6O3. The number of piperidine rings is 1. The van der Waals surface area contributed by atoms with Gasteiger partial charge in [-0.05, 0) is 37.6 Å². The number of amides is 1. The van der Waals surface area contributed by atoms with Gasteiger partial charge in [-0.15, -0.1) is 0 Å². The molecule has 3 aliphatic heterocycles. The molecule has 2 N–H and O–H groups in total. The highest BCUT2D eigenvalue weighted by atomic mass is 16.5. The van der Waals surface area contributed by atoms with E-state index in [-0.39, 0.29) is 17.4 Å². The van der Waals surface area contributed by atoms with Gasteiger partial charge in [0, 0.05) is 31.4 Å². The van der Waals surface area contributed by atoms with Gasteiger partial charge in [0.1, 0.15) is 24.2 Å². The molecule has 170 valence electrons. The molecule has 0 unspecified atom stereocenters. The SMILES string of the molecule is O=C1Nc2ccccc2C12CCN(CCOc1cnc3c(N4CC(O)C4)ncnc3c1)CC2. The van der Waals surface area contributed by atoms with Crippen molar-refractivity contribution < 1.29 is 14.6 Å². The molecule has 2 saturated heterocycles. The molecule has 6 rings (SSSR count). The Bertz CT molecular complexity index is 1200. The number of carbonyl (C=O) groups is 1. The zero-order chi connectivity index (χ0) is 22.4. The Morgan fingerprint density at radius 2 is 1.97 bits per heavy atom. The molecule has 1 aromatic carbocycles. The average Bonchev–Trinajstić information content (AvgIpc) is 3.09. The fraction of sp³-hybridized carbons (Fsp3) is 0.417. The summed E-state index contributed by atoms with van der Waals surface area (Å²) in [6.45, 7) is 4.18. The number of fused-ring (bicyclic) bond motifs is 3. The lowest BCUT2D eigenvalue weighted by Crippen LogP contribution is -2.51. The lowest BCUT2D eigenvalue weighted by atomic mass is 9.74. The van der Waals surface area contributed by atoms with Crippen LogP contribution in [0.15, 0.2) is 42.9 Å². The van der Waals surface area contributed by atoms with Crippen molar-refractivity contribution in [3.8, 4) is 5.75 Å². The first-order valence-corrected chi connectivity index (χ1v) is 11.4. The molecule has 0 radical (unpaired) electrons. The Hall–Kier alpha value is -3.30. The number of likely N-dealkylation sites (tertiary alicyclic amines) is 1. The van der Waals surface area contributed by atoms with E-state index in [1.54, 1.807) is 6.20 Å². The number of aliphatic hydroxyl groups excluding tert-OH is 1. The van der Waals surface area contributed by atoms with E-state index in [2.05, 4.69) is 31.2 Å². The minimum absolute atomic E-state index is 0.135. The average molecular weight is 447 g/mol. The van der Waals surface area contributed by atoms with E-state index in [1.807, 2.05) is 29.2 Å². The van der Waals surface area contributed by atoms with E-state index in [4.69, 9.17) is 4.74 Å². The van der Waals surface area contributed by atoms with Crippen molar-refractivity contribution in [3.05, 3.63) is 48.4 Å². The number of β-amino-alcohol motifs (C(OH)–C–C–N with tert-alkyl or cyclic N) is 1. The second-order valence-corrected chi connectivity index (χ2v) is 9.07. The summed E-state index contributed by atoms with van der Waals surface area (Å²) in [6.07, 6.45) is 4.56. The van der Waals surface area contributed by atoms with Crippen LogP contribution in [0.5, 0.6) is 5.75 Å². The number of rotatable bonds is 5. The normalized spacial score (nSPS) is 20.0. The standard InChI is InChI=1S/C24H26N6O3/c31-16-13-30(14-16)22-21-20(26-15-27-22)11-17(12-25-21)33-10-9-29-7-5-24(6-8-29)18-3-1-2-4-19(18)28-23(24)32/h1-4,11-12,15-16,31H,5-10,13-14H2,(H,28,32). The Labute approximate surface area is 191 Å². The third kappa shape index (κ3) is 3.48. The maximum Gasteiger partial charge on any atom is 0.235 e. The molecular weight excluding hydrogens is 420 g/mol. The van der Waals surface area contributed by atoms with Crippen LogP contribution in [-0.4, -0.2) is 76.3 Å². The molecule has 0 saturated carbocycles. The summed E-state index contributed by atoms with van der Waals surface area (Å²) in [7, 11) is 0. The minimum atomic E-state index is -0.389. The Kier molecular flexibility index (Phi) is 4.88. The van der Waals surface area contributed by atoms with Crippen LogP contribution in [0.2, 0.25) is 0 Å². The van der Waals surface area contributed by atoms with E-state index < -0.39 is 0 Å². The van der Waals surface area contributed by atoms with Gasteiger partial charge in [0.05, 0.1) is 23.2 Å². The molecule has 9 nitrogen and oxygen atoms in total. The highest BCUT2D eigenvalue weighted by Gasteiger charge is 2.48. The zero-order valence-electron chi connectivity index (χ0n) is 18.3. The summed E-state index contributed by atoms with van der Waals surface area (Å²) in [5.41, 5.74) is 3.15. The summed E-state index contributed by atoms with van der Waals surface area (Å²) in [6, 6.07) is 9.93.